The molecule has 0 spiro atoms. The number of nitrogens with zero attached hydrogens (tertiary/aromatic N) is 2. The monoisotopic (exact) mass is 496 g/mol. The Hall–Kier alpha value is -3.49. The van der Waals surface area contributed by atoms with E-state index in [9.17, 15) is 18.8 Å². The lowest BCUT2D eigenvalue weighted by Crippen LogP contribution is -2.54. The maximum Gasteiger partial charge on any atom is 0.407 e. The van der Waals surface area contributed by atoms with Crippen LogP contribution in [0.25, 0.3) is 0 Å². The molecule has 1 unspecified atom stereocenters. The van der Waals surface area contributed by atoms with E-state index in [-0.39, 0.29) is 37.2 Å². The number of ether oxygens (including phenoxy) is 1. The average Bonchev–Trinajstić information content (AvgIpc) is 3.62. The fraction of sp³-hybridized carbons (Fsp3) is 0.481. The summed E-state index contributed by atoms with van der Waals surface area (Å²) in [5, 5.41) is 5.75. The van der Waals surface area contributed by atoms with Gasteiger partial charge < -0.3 is 20.3 Å². The van der Waals surface area contributed by atoms with E-state index in [1.165, 1.54) is 6.07 Å². The van der Waals surface area contributed by atoms with Crippen LogP contribution in [0, 0.1) is 5.82 Å². The van der Waals surface area contributed by atoms with Crippen molar-refractivity contribution in [3.63, 3.8) is 0 Å². The second-order valence-corrected chi connectivity index (χ2v) is 10.5. The highest BCUT2D eigenvalue weighted by Gasteiger charge is 2.37. The van der Waals surface area contributed by atoms with Gasteiger partial charge in [-0.25, -0.2) is 9.18 Å². The minimum absolute atomic E-state index is 0.0998. The van der Waals surface area contributed by atoms with Crippen LogP contribution in [-0.4, -0.2) is 51.5 Å². The van der Waals surface area contributed by atoms with Crippen LogP contribution in [0.1, 0.15) is 56.7 Å². The summed E-state index contributed by atoms with van der Waals surface area (Å²) >= 11 is 0. The predicted molar refractivity (Wildman–Crippen MR) is 131 cm³/mol. The first-order chi connectivity index (χ1) is 17.1. The number of hydrogen-bond acceptors (Lipinski definition) is 5. The molecule has 0 radical (unpaired) electrons. The van der Waals surface area contributed by atoms with E-state index in [2.05, 4.69) is 15.6 Å². The van der Waals surface area contributed by atoms with Crippen LogP contribution in [0.3, 0.4) is 0 Å². The van der Waals surface area contributed by atoms with E-state index in [0.29, 0.717) is 12.0 Å². The highest BCUT2D eigenvalue weighted by molar-refractivity contribution is 5.89. The van der Waals surface area contributed by atoms with Gasteiger partial charge in [-0.2, -0.15) is 0 Å². The zero-order valence-corrected chi connectivity index (χ0v) is 20.9. The van der Waals surface area contributed by atoms with Crippen LogP contribution in [-0.2, 0) is 33.7 Å². The van der Waals surface area contributed by atoms with Crippen molar-refractivity contribution in [2.24, 2.45) is 0 Å². The predicted octanol–water partition coefficient (Wildman–Crippen LogP) is 3.28. The summed E-state index contributed by atoms with van der Waals surface area (Å²) in [5.74, 6) is -0.905. The molecule has 0 bridgehead atoms. The number of rotatable bonds is 7. The van der Waals surface area contributed by atoms with Crippen molar-refractivity contribution in [3.05, 3.63) is 65.2 Å². The third kappa shape index (κ3) is 6.80. The second-order valence-electron chi connectivity index (χ2n) is 10.5. The molecule has 1 fully saturated rings. The largest absolute Gasteiger partial charge is 0.444 e. The zero-order valence-electron chi connectivity index (χ0n) is 20.9. The van der Waals surface area contributed by atoms with Gasteiger partial charge in [-0.05, 0) is 68.9 Å². The Labute approximate surface area is 210 Å². The number of carbonyl (C=O) groups excluding carboxylic acids is 3. The molecule has 1 aliphatic heterocycles. The van der Waals surface area contributed by atoms with E-state index < -0.39 is 29.6 Å². The topological polar surface area (TPSA) is 101 Å². The number of benzene rings is 1. The Morgan fingerprint density at radius 2 is 1.92 bits per heavy atom. The SMILES string of the molecule is CC(C)(C)OC(=O)N[C@@H](CC(=O)N1Cc2cnccc2CC1C(=O)NC1CC1)Cc1ccccc1F. The summed E-state index contributed by atoms with van der Waals surface area (Å²) in [6.45, 7) is 5.47. The van der Waals surface area contributed by atoms with Gasteiger partial charge in [0.2, 0.25) is 11.8 Å². The summed E-state index contributed by atoms with van der Waals surface area (Å²) in [5.41, 5.74) is 1.51. The lowest BCUT2D eigenvalue weighted by atomic mass is 9.93. The molecule has 1 aromatic heterocycles. The van der Waals surface area contributed by atoms with Gasteiger partial charge in [0, 0.05) is 43.9 Å². The molecule has 2 atom stereocenters. The first-order valence-electron chi connectivity index (χ1n) is 12.3. The molecule has 1 aromatic carbocycles. The van der Waals surface area contributed by atoms with Gasteiger partial charge in [0.1, 0.15) is 17.5 Å². The number of amides is 3. The highest BCUT2D eigenvalue weighted by Crippen LogP contribution is 2.26. The summed E-state index contributed by atoms with van der Waals surface area (Å²) in [4.78, 5) is 44.9. The Kier molecular flexibility index (Phi) is 7.56. The number of nitrogens with one attached hydrogen (secondary N) is 2. The number of hydrogen-bond donors (Lipinski definition) is 2. The van der Waals surface area contributed by atoms with Crippen LogP contribution in [0.5, 0.6) is 0 Å². The van der Waals surface area contributed by atoms with Crippen molar-refractivity contribution in [1.29, 1.82) is 0 Å². The summed E-state index contributed by atoms with van der Waals surface area (Å²) < 4.78 is 19.8. The number of alkyl carbamates (subject to hydrolysis) is 1. The quantitative estimate of drug-likeness (QED) is 0.613. The molecule has 3 amide bonds. The number of fused-ring (bicyclic) bond motifs is 1. The van der Waals surface area contributed by atoms with Gasteiger partial charge >= 0.3 is 6.09 Å². The lowest BCUT2D eigenvalue weighted by molar-refractivity contribution is -0.142. The molecule has 2 N–H and O–H groups in total. The highest BCUT2D eigenvalue weighted by atomic mass is 19.1. The smallest absolute Gasteiger partial charge is 0.407 e. The normalized spacial score (nSPS) is 18.1. The Bertz CT molecular complexity index is 1130. The van der Waals surface area contributed by atoms with Gasteiger partial charge in [-0.3, -0.25) is 14.6 Å². The summed E-state index contributed by atoms with van der Waals surface area (Å²) in [6, 6.07) is 6.90. The van der Waals surface area contributed by atoms with Gasteiger partial charge in [0.15, 0.2) is 0 Å². The van der Waals surface area contributed by atoms with Gasteiger partial charge in [-0.1, -0.05) is 18.2 Å². The third-order valence-corrected chi connectivity index (χ3v) is 6.25. The molecule has 1 aliphatic carbocycles. The number of carbonyl (C=O) groups is 3. The first-order valence-corrected chi connectivity index (χ1v) is 12.3. The first kappa shape index (κ1) is 25.6. The average molecular weight is 497 g/mol. The van der Waals surface area contributed by atoms with E-state index in [4.69, 9.17) is 4.74 Å². The minimum atomic E-state index is -0.730. The zero-order chi connectivity index (χ0) is 25.9. The van der Waals surface area contributed by atoms with Crippen LogP contribution < -0.4 is 10.6 Å². The van der Waals surface area contributed by atoms with Crippen LogP contribution in [0.4, 0.5) is 9.18 Å². The molecule has 8 nitrogen and oxygen atoms in total. The molecule has 36 heavy (non-hydrogen) atoms. The van der Waals surface area contributed by atoms with Crippen LogP contribution >= 0.6 is 0 Å². The van der Waals surface area contributed by atoms with Gasteiger partial charge in [-0.15, -0.1) is 0 Å². The molecule has 9 heteroatoms. The fourth-order valence-electron chi connectivity index (χ4n) is 4.34. The van der Waals surface area contributed by atoms with Crippen molar-refractivity contribution in [2.45, 2.75) is 83.1 Å². The van der Waals surface area contributed by atoms with Crippen LogP contribution in [0.2, 0.25) is 0 Å². The maximum atomic E-state index is 14.4. The Balaban J connectivity index is 1.54. The molecule has 4 rings (SSSR count). The Morgan fingerprint density at radius 3 is 2.61 bits per heavy atom. The maximum absolute atomic E-state index is 14.4. The molecule has 192 valence electrons. The molecule has 1 saturated carbocycles. The number of halogens is 1. The van der Waals surface area contributed by atoms with Gasteiger partial charge in [0.25, 0.3) is 0 Å². The van der Waals surface area contributed by atoms with Gasteiger partial charge in [0.05, 0.1) is 0 Å². The molecule has 2 aromatic rings. The van der Waals surface area contributed by atoms with Crippen LogP contribution in [0.15, 0.2) is 42.7 Å². The number of aromatic nitrogens is 1. The van der Waals surface area contributed by atoms with Crippen molar-refractivity contribution >= 4 is 17.9 Å². The summed E-state index contributed by atoms with van der Waals surface area (Å²) in [6.07, 6.45) is 4.96. The standard InChI is InChI=1S/C27H33FN4O4/c1-27(2,3)36-26(35)31-21(12-18-6-4-5-7-22(18)28)14-24(33)32-16-19-15-29-11-10-17(19)13-23(32)25(34)30-20-8-9-20/h4-7,10-11,15,20-21,23H,8-9,12-14,16H2,1-3H3,(H,30,34)(H,31,35)/t21-,23?/m1/s1. The Morgan fingerprint density at radius 1 is 1.17 bits per heavy atom. The third-order valence-electron chi connectivity index (χ3n) is 6.25. The van der Waals surface area contributed by atoms with Crippen molar-refractivity contribution in [2.75, 3.05) is 0 Å². The fourth-order valence-corrected chi connectivity index (χ4v) is 4.34. The molecule has 2 aliphatic rings. The molecule has 0 saturated heterocycles. The van der Waals surface area contributed by atoms with E-state index >= 15 is 0 Å². The molecule has 2 heterocycles. The second kappa shape index (κ2) is 10.6. The summed E-state index contributed by atoms with van der Waals surface area (Å²) in [7, 11) is 0. The van der Waals surface area contributed by atoms with Crippen molar-refractivity contribution in [3.8, 4) is 0 Å². The minimum Gasteiger partial charge on any atom is -0.444 e. The van der Waals surface area contributed by atoms with Crippen molar-refractivity contribution in [1.82, 2.24) is 20.5 Å². The van der Waals surface area contributed by atoms with E-state index in [0.717, 1.165) is 24.0 Å². The molecular formula is C27H33FN4O4. The van der Waals surface area contributed by atoms with E-state index in [1.807, 2.05) is 6.07 Å². The van der Waals surface area contributed by atoms with E-state index in [1.54, 1.807) is 56.3 Å². The number of pyridine rings is 1. The lowest BCUT2D eigenvalue weighted by Gasteiger charge is -2.36. The van der Waals surface area contributed by atoms with Crippen molar-refractivity contribution < 1.29 is 23.5 Å². The molecular weight excluding hydrogens is 463 g/mol.